The van der Waals surface area contributed by atoms with Gasteiger partial charge in [0.1, 0.15) is 6.23 Å². The zero-order valence-corrected chi connectivity index (χ0v) is 7.57. The Balaban J connectivity index is 2.72. The smallest absolute Gasteiger partial charge is 0.150 e. The molecule has 0 saturated heterocycles. The summed E-state index contributed by atoms with van der Waals surface area (Å²) in [4.78, 5) is 6.15. The predicted octanol–water partition coefficient (Wildman–Crippen LogP) is 0.693. The summed E-state index contributed by atoms with van der Waals surface area (Å²) in [5.74, 6) is 1.33. The number of rotatable bonds is 1. The summed E-state index contributed by atoms with van der Waals surface area (Å²) in [5, 5.41) is 9.61. The number of aliphatic imine (C=N–C) groups is 1. The van der Waals surface area contributed by atoms with Gasteiger partial charge in [0.15, 0.2) is 0 Å². The van der Waals surface area contributed by atoms with E-state index in [4.69, 9.17) is 0 Å². The minimum absolute atomic E-state index is 0.0556. The number of likely N-dealkylation sites (N-methyl/N-ethyl adjacent to an activating group) is 1. The number of aliphatic hydroxyl groups excluding tert-OH is 1. The molecule has 0 aliphatic carbocycles. The SMILES string of the molecule is CC1=NC(C(C)C)C(O)N1C. The van der Waals surface area contributed by atoms with Crippen molar-refractivity contribution in [1.82, 2.24) is 4.90 Å². The van der Waals surface area contributed by atoms with Crippen LogP contribution in [0.25, 0.3) is 0 Å². The molecule has 3 nitrogen and oxygen atoms in total. The third-order valence-electron chi connectivity index (χ3n) is 2.23. The fraction of sp³-hybridized carbons (Fsp3) is 0.875. The van der Waals surface area contributed by atoms with Crippen molar-refractivity contribution in [3.8, 4) is 0 Å². The van der Waals surface area contributed by atoms with Crippen molar-refractivity contribution in [2.45, 2.75) is 33.0 Å². The van der Waals surface area contributed by atoms with Gasteiger partial charge in [-0.2, -0.15) is 0 Å². The Kier molecular flexibility index (Phi) is 2.18. The van der Waals surface area contributed by atoms with Crippen LogP contribution in [0.2, 0.25) is 0 Å². The van der Waals surface area contributed by atoms with Crippen LogP contribution in [0, 0.1) is 5.92 Å². The van der Waals surface area contributed by atoms with E-state index < -0.39 is 6.23 Å². The topological polar surface area (TPSA) is 35.8 Å². The first kappa shape index (κ1) is 8.53. The van der Waals surface area contributed by atoms with Crippen molar-refractivity contribution in [2.24, 2.45) is 10.9 Å². The second kappa shape index (κ2) is 2.81. The molecular weight excluding hydrogens is 140 g/mol. The van der Waals surface area contributed by atoms with Gasteiger partial charge >= 0.3 is 0 Å². The van der Waals surface area contributed by atoms with E-state index in [-0.39, 0.29) is 6.04 Å². The van der Waals surface area contributed by atoms with Crippen LogP contribution in [0.1, 0.15) is 20.8 Å². The molecule has 0 aromatic rings. The molecule has 2 unspecified atom stereocenters. The summed E-state index contributed by atoms with van der Waals surface area (Å²) >= 11 is 0. The van der Waals surface area contributed by atoms with E-state index in [2.05, 4.69) is 18.8 Å². The average Bonchev–Trinajstić information content (AvgIpc) is 2.17. The van der Waals surface area contributed by atoms with Crippen molar-refractivity contribution >= 4 is 5.84 Å². The summed E-state index contributed by atoms with van der Waals surface area (Å²) < 4.78 is 0. The van der Waals surface area contributed by atoms with Gasteiger partial charge in [-0.1, -0.05) is 13.8 Å². The fourth-order valence-electron chi connectivity index (χ4n) is 1.29. The van der Waals surface area contributed by atoms with Crippen LogP contribution in [0.3, 0.4) is 0 Å². The lowest BCUT2D eigenvalue weighted by molar-refractivity contribution is 0.0489. The van der Waals surface area contributed by atoms with E-state index in [1.807, 2.05) is 18.9 Å². The third kappa shape index (κ3) is 1.38. The quantitative estimate of drug-likeness (QED) is 0.606. The Bertz CT molecular complexity index is 177. The lowest BCUT2D eigenvalue weighted by Crippen LogP contribution is -2.37. The molecule has 0 radical (unpaired) electrons. The Labute approximate surface area is 67.7 Å². The van der Waals surface area contributed by atoms with Crippen LogP contribution >= 0.6 is 0 Å². The largest absolute Gasteiger partial charge is 0.371 e. The van der Waals surface area contributed by atoms with E-state index >= 15 is 0 Å². The Morgan fingerprint density at radius 1 is 1.55 bits per heavy atom. The second-order valence-electron chi connectivity index (χ2n) is 3.44. The van der Waals surface area contributed by atoms with Gasteiger partial charge in [0.05, 0.1) is 11.9 Å². The maximum absolute atomic E-state index is 9.61. The third-order valence-corrected chi connectivity index (χ3v) is 2.23. The van der Waals surface area contributed by atoms with Gasteiger partial charge in [0, 0.05) is 7.05 Å². The van der Waals surface area contributed by atoms with Gasteiger partial charge in [-0.3, -0.25) is 4.99 Å². The zero-order chi connectivity index (χ0) is 8.59. The maximum atomic E-state index is 9.61. The van der Waals surface area contributed by atoms with Gasteiger partial charge in [0.25, 0.3) is 0 Å². The van der Waals surface area contributed by atoms with E-state index in [0.29, 0.717) is 5.92 Å². The Morgan fingerprint density at radius 2 is 2.09 bits per heavy atom. The van der Waals surface area contributed by atoms with E-state index in [1.165, 1.54) is 0 Å². The minimum Gasteiger partial charge on any atom is -0.371 e. The number of aliphatic hydroxyl groups is 1. The monoisotopic (exact) mass is 156 g/mol. The minimum atomic E-state index is -0.421. The second-order valence-corrected chi connectivity index (χ2v) is 3.44. The molecule has 0 aromatic carbocycles. The maximum Gasteiger partial charge on any atom is 0.150 e. The molecule has 11 heavy (non-hydrogen) atoms. The molecule has 0 spiro atoms. The van der Waals surface area contributed by atoms with Gasteiger partial charge in [0.2, 0.25) is 0 Å². The standard InChI is InChI=1S/C8H16N2O/c1-5(2)7-8(11)10(4)6(3)9-7/h5,7-8,11H,1-4H3. The fourth-order valence-corrected chi connectivity index (χ4v) is 1.29. The molecule has 1 aliphatic rings. The van der Waals surface area contributed by atoms with Crippen LogP contribution in [0.5, 0.6) is 0 Å². The number of hydrogen-bond acceptors (Lipinski definition) is 3. The first-order valence-electron chi connectivity index (χ1n) is 3.99. The summed E-state index contributed by atoms with van der Waals surface area (Å²) in [7, 11) is 1.87. The highest BCUT2D eigenvalue weighted by molar-refractivity contribution is 5.81. The highest BCUT2D eigenvalue weighted by Gasteiger charge is 2.31. The number of hydrogen-bond donors (Lipinski definition) is 1. The van der Waals surface area contributed by atoms with Crippen molar-refractivity contribution in [1.29, 1.82) is 0 Å². The first-order valence-corrected chi connectivity index (χ1v) is 3.99. The number of nitrogens with zero attached hydrogens (tertiary/aromatic N) is 2. The van der Waals surface area contributed by atoms with Gasteiger partial charge < -0.3 is 10.0 Å². The van der Waals surface area contributed by atoms with Gasteiger partial charge in [-0.05, 0) is 12.8 Å². The summed E-state index contributed by atoms with van der Waals surface area (Å²) in [5.41, 5.74) is 0. The molecule has 1 aliphatic heterocycles. The van der Waals surface area contributed by atoms with Crippen molar-refractivity contribution < 1.29 is 5.11 Å². The predicted molar refractivity (Wildman–Crippen MR) is 45.5 cm³/mol. The van der Waals surface area contributed by atoms with Crippen molar-refractivity contribution in [2.75, 3.05) is 7.05 Å². The van der Waals surface area contributed by atoms with Crippen LogP contribution in [-0.4, -0.2) is 35.2 Å². The summed E-state index contributed by atoms with van der Waals surface area (Å²) in [6.45, 7) is 6.07. The molecule has 0 bridgehead atoms. The van der Waals surface area contributed by atoms with Gasteiger partial charge in [-0.25, -0.2) is 0 Å². The highest BCUT2D eigenvalue weighted by atomic mass is 16.3. The van der Waals surface area contributed by atoms with Crippen LogP contribution < -0.4 is 0 Å². The van der Waals surface area contributed by atoms with E-state index in [0.717, 1.165) is 5.84 Å². The normalized spacial score (nSPS) is 31.5. The molecule has 2 atom stereocenters. The molecule has 3 heteroatoms. The Hall–Kier alpha value is -0.570. The molecule has 1 N–H and O–H groups in total. The summed E-state index contributed by atoms with van der Waals surface area (Å²) in [6.07, 6.45) is -0.421. The van der Waals surface area contributed by atoms with Crippen LogP contribution in [0.4, 0.5) is 0 Å². The van der Waals surface area contributed by atoms with Crippen LogP contribution in [-0.2, 0) is 0 Å². The number of amidine groups is 1. The molecule has 1 rings (SSSR count). The van der Waals surface area contributed by atoms with Crippen molar-refractivity contribution in [3.05, 3.63) is 0 Å². The van der Waals surface area contributed by atoms with E-state index in [9.17, 15) is 5.11 Å². The molecular formula is C8H16N2O. The molecule has 0 fully saturated rings. The molecule has 64 valence electrons. The lowest BCUT2D eigenvalue weighted by atomic mass is 10.0. The molecule has 0 saturated carbocycles. The molecule has 0 aromatic heterocycles. The van der Waals surface area contributed by atoms with Crippen LogP contribution in [0.15, 0.2) is 4.99 Å². The average molecular weight is 156 g/mol. The van der Waals surface area contributed by atoms with Gasteiger partial charge in [-0.15, -0.1) is 0 Å². The van der Waals surface area contributed by atoms with E-state index in [1.54, 1.807) is 0 Å². The summed E-state index contributed by atoms with van der Waals surface area (Å²) in [6, 6.07) is 0.0556. The zero-order valence-electron chi connectivity index (χ0n) is 7.57. The first-order chi connectivity index (χ1) is 5.04. The Morgan fingerprint density at radius 3 is 2.27 bits per heavy atom. The molecule has 0 amide bonds. The van der Waals surface area contributed by atoms with Crippen molar-refractivity contribution in [3.63, 3.8) is 0 Å². The molecule has 1 heterocycles. The highest BCUT2D eigenvalue weighted by Crippen LogP contribution is 2.19. The lowest BCUT2D eigenvalue weighted by Gasteiger charge is -2.22.